The van der Waals surface area contributed by atoms with Crippen molar-refractivity contribution in [2.45, 2.75) is 19.3 Å². The monoisotopic (exact) mass is 438 g/mol. The summed E-state index contributed by atoms with van der Waals surface area (Å²) in [5, 5.41) is 4.44. The fourth-order valence-corrected chi connectivity index (χ4v) is 4.39. The third kappa shape index (κ3) is 4.51. The van der Waals surface area contributed by atoms with Crippen molar-refractivity contribution in [3.05, 3.63) is 89.9 Å². The number of fused-ring (bicyclic) bond motifs is 1. The number of nitrogens with zero attached hydrogens (tertiary/aromatic N) is 3. The molecule has 1 N–H and O–H groups in total. The molecule has 1 saturated heterocycles. The first-order chi connectivity index (χ1) is 16.1. The summed E-state index contributed by atoms with van der Waals surface area (Å²) in [6.45, 7) is 3.40. The number of carbonyl (C=O) groups excluding carboxylic acids is 1. The number of hydrogen-bond donors (Lipinski definition) is 1. The van der Waals surface area contributed by atoms with E-state index in [9.17, 15) is 4.79 Å². The molecule has 0 radical (unpaired) electrons. The van der Waals surface area contributed by atoms with E-state index in [1.807, 2.05) is 72.5 Å². The molecule has 0 spiro atoms. The van der Waals surface area contributed by atoms with Crippen molar-refractivity contribution in [2.24, 2.45) is 0 Å². The molecule has 1 amide bonds. The minimum atomic E-state index is 0.0625. The first-order valence-corrected chi connectivity index (χ1v) is 11.1. The van der Waals surface area contributed by atoms with Crippen molar-refractivity contribution in [3.8, 4) is 5.75 Å². The molecule has 1 aliphatic rings. The molecule has 0 saturated carbocycles. The van der Waals surface area contributed by atoms with E-state index in [0.717, 1.165) is 52.4 Å². The fraction of sp³-hybridized carbons (Fsp3) is 0.222. The van der Waals surface area contributed by atoms with Crippen LogP contribution >= 0.6 is 0 Å². The zero-order valence-corrected chi connectivity index (χ0v) is 18.8. The first-order valence-electron chi connectivity index (χ1n) is 11.1. The van der Waals surface area contributed by atoms with Crippen LogP contribution in [0.5, 0.6) is 5.75 Å². The van der Waals surface area contributed by atoms with Gasteiger partial charge in [-0.1, -0.05) is 6.07 Å². The Morgan fingerprint density at radius 3 is 2.73 bits per heavy atom. The number of anilines is 2. The number of nitrogens with one attached hydrogen (secondary N) is 1. The van der Waals surface area contributed by atoms with Crippen LogP contribution in [-0.4, -0.2) is 41.0 Å². The largest absolute Gasteiger partial charge is 0.497 e. The lowest BCUT2D eigenvalue weighted by Gasteiger charge is -2.17. The van der Waals surface area contributed by atoms with Crippen molar-refractivity contribution >= 4 is 28.2 Å². The lowest BCUT2D eigenvalue weighted by atomic mass is 10.0. The van der Waals surface area contributed by atoms with E-state index in [1.54, 1.807) is 13.3 Å². The fourth-order valence-electron chi connectivity index (χ4n) is 4.39. The first kappa shape index (κ1) is 20.9. The molecule has 5 rings (SSSR count). The molecule has 3 heterocycles. The Labute approximate surface area is 193 Å². The van der Waals surface area contributed by atoms with Gasteiger partial charge in [-0.25, -0.2) is 0 Å². The zero-order chi connectivity index (χ0) is 22.8. The number of rotatable bonds is 5. The molecule has 1 aliphatic heterocycles. The molecule has 0 bridgehead atoms. The lowest BCUT2D eigenvalue weighted by Crippen LogP contribution is -2.28. The molecule has 33 heavy (non-hydrogen) atoms. The Kier molecular flexibility index (Phi) is 5.65. The van der Waals surface area contributed by atoms with Crippen LogP contribution in [0.1, 0.15) is 34.1 Å². The van der Waals surface area contributed by atoms with Crippen molar-refractivity contribution in [3.63, 3.8) is 0 Å². The minimum absolute atomic E-state index is 0.0625. The molecule has 0 aliphatic carbocycles. The molecule has 1 unspecified atom stereocenters. The number of methoxy groups -OCH3 is 1. The topological polar surface area (TPSA) is 67.3 Å². The Bertz CT molecular complexity index is 1300. The Morgan fingerprint density at radius 2 is 1.91 bits per heavy atom. The summed E-state index contributed by atoms with van der Waals surface area (Å²) in [7, 11) is 1.66. The van der Waals surface area contributed by atoms with Crippen molar-refractivity contribution in [1.82, 2.24) is 14.9 Å². The van der Waals surface area contributed by atoms with Gasteiger partial charge in [-0.15, -0.1) is 0 Å². The molecule has 2 aromatic carbocycles. The number of benzene rings is 2. The average molecular weight is 439 g/mol. The van der Waals surface area contributed by atoms with Crippen LogP contribution in [0.4, 0.5) is 11.4 Å². The minimum Gasteiger partial charge on any atom is -0.497 e. The average Bonchev–Trinajstić information content (AvgIpc) is 3.34. The quantitative estimate of drug-likeness (QED) is 0.457. The van der Waals surface area contributed by atoms with Crippen LogP contribution in [-0.2, 0) is 0 Å². The van der Waals surface area contributed by atoms with E-state index < -0.39 is 0 Å². The standard InChI is InChI=1S/C27H26N4O2/c1-18-14-23(30-22-6-8-24(33-2)9-7-22)16-26(29-18)21-11-13-31(17-21)27(32)20-5-10-25-19(15-20)4-3-12-28-25/h3-10,12,14-16,21H,11,13,17H2,1-2H3,(H,29,30). The molecular weight excluding hydrogens is 412 g/mol. The summed E-state index contributed by atoms with van der Waals surface area (Å²) in [4.78, 5) is 24.2. The second-order valence-corrected chi connectivity index (χ2v) is 8.42. The third-order valence-electron chi connectivity index (χ3n) is 6.10. The van der Waals surface area contributed by atoms with Gasteiger partial charge in [-0.05, 0) is 74.0 Å². The molecule has 1 fully saturated rings. The summed E-state index contributed by atoms with van der Waals surface area (Å²) in [6, 6.07) is 21.6. The van der Waals surface area contributed by atoms with Gasteiger partial charge in [-0.2, -0.15) is 0 Å². The van der Waals surface area contributed by atoms with Gasteiger partial charge < -0.3 is 15.0 Å². The predicted molar refractivity (Wildman–Crippen MR) is 130 cm³/mol. The molecule has 6 nitrogen and oxygen atoms in total. The van der Waals surface area contributed by atoms with Gasteiger partial charge in [0.25, 0.3) is 5.91 Å². The summed E-state index contributed by atoms with van der Waals surface area (Å²) in [5.74, 6) is 1.10. The maximum atomic E-state index is 13.2. The van der Waals surface area contributed by atoms with Gasteiger partial charge in [0.1, 0.15) is 5.75 Å². The van der Waals surface area contributed by atoms with Crippen molar-refractivity contribution in [1.29, 1.82) is 0 Å². The number of carbonyl (C=O) groups is 1. The summed E-state index contributed by atoms with van der Waals surface area (Å²) >= 11 is 0. The van der Waals surface area contributed by atoms with Crippen LogP contribution in [0, 0.1) is 6.92 Å². The maximum Gasteiger partial charge on any atom is 0.253 e. The SMILES string of the molecule is COc1ccc(Nc2cc(C)nc(C3CCN(C(=O)c4ccc5ncccc5c4)C3)c2)cc1. The molecule has 166 valence electrons. The molecule has 6 heteroatoms. The highest BCUT2D eigenvalue weighted by Gasteiger charge is 2.29. The Hall–Kier alpha value is -3.93. The van der Waals surface area contributed by atoms with Crippen LogP contribution in [0.25, 0.3) is 10.9 Å². The van der Waals surface area contributed by atoms with E-state index in [-0.39, 0.29) is 11.8 Å². The third-order valence-corrected chi connectivity index (χ3v) is 6.10. The van der Waals surface area contributed by atoms with Crippen LogP contribution in [0.3, 0.4) is 0 Å². The van der Waals surface area contributed by atoms with Gasteiger partial charge in [0.15, 0.2) is 0 Å². The van der Waals surface area contributed by atoms with Gasteiger partial charge in [-0.3, -0.25) is 14.8 Å². The van der Waals surface area contributed by atoms with Gasteiger partial charge in [0, 0.05) is 58.9 Å². The highest BCUT2D eigenvalue weighted by molar-refractivity contribution is 5.98. The van der Waals surface area contributed by atoms with E-state index >= 15 is 0 Å². The van der Waals surface area contributed by atoms with Crippen LogP contribution in [0.15, 0.2) is 72.9 Å². The van der Waals surface area contributed by atoms with E-state index in [0.29, 0.717) is 12.1 Å². The maximum absolute atomic E-state index is 13.2. The molecular formula is C27H26N4O2. The number of amides is 1. The Balaban J connectivity index is 1.31. The number of likely N-dealkylation sites (tertiary alicyclic amines) is 1. The van der Waals surface area contributed by atoms with E-state index in [4.69, 9.17) is 9.72 Å². The van der Waals surface area contributed by atoms with E-state index in [1.165, 1.54) is 0 Å². The zero-order valence-electron chi connectivity index (χ0n) is 18.8. The summed E-state index contributed by atoms with van der Waals surface area (Å²) < 4.78 is 5.23. The van der Waals surface area contributed by atoms with Gasteiger partial charge in [0.2, 0.25) is 0 Å². The molecule has 2 aromatic heterocycles. The summed E-state index contributed by atoms with van der Waals surface area (Å²) in [6.07, 6.45) is 2.67. The van der Waals surface area contributed by atoms with Crippen molar-refractivity contribution in [2.75, 3.05) is 25.5 Å². The number of aryl methyl sites for hydroxylation is 1. The number of aromatic nitrogens is 2. The van der Waals surface area contributed by atoms with E-state index in [2.05, 4.69) is 16.4 Å². The van der Waals surface area contributed by atoms with Crippen LogP contribution in [0.2, 0.25) is 0 Å². The lowest BCUT2D eigenvalue weighted by molar-refractivity contribution is 0.0791. The number of pyridine rings is 2. The highest BCUT2D eigenvalue weighted by atomic mass is 16.5. The smallest absolute Gasteiger partial charge is 0.253 e. The van der Waals surface area contributed by atoms with Gasteiger partial charge >= 0.3 is 0 Å². The second kappa shape index (κ2) is 8.90. The highest BCUT2D eigenvalue weighted by Crippen LogP contribution is 2.30. The summed E-state index contributed by atoms with van der Waals surface area (Å²) in [5.41, 5.74) is 5.56. The molecule has 1 atom stereocenters. The Morgan fingerprint density at radius 1 is 1.06 bits per heavy atom. The van der Waals surface area contributed by atoms with Gasteiger partial charge in [0.05, 0.1) is 12.6 Å². The normalized spacial score (nSPS) is 15.6. The van der Waals surface area contributed by atoms with Crippen LogP contribution < -0.4 is 10.1 Å². The second-order valence-electron chi connectivity index (χ2n) is 8.42. The molecule has 4 aromatic rings. The number of hydrogen-bond acceptors (Lipinski definition) is 5. The van der Waals surface area contributed by atoms with Crippen molar-refractivity contribution < 1.29 is 9.53 Å². The number of ether oxygens (including phenoxy) is 1. The predicted octanol–water partition coefficient (Wildman–Crippen LogP) is 5.32.